The van der Waals surface area contributed by atoms with E-state index in [1.165, 1.54) is 5.56 Å². The van der Waals surface area contributed by atoms with Gasteiger partial charge in [-0.25, -0.2) is 0 Å². The van der Waals surface area contributed by atoms with Gasteiger partial charge in [-0.2, -0.15) is 0 Å². The molecule has 0 spiro atoms. The highest BCUT2D eigenvalue weighted by Crippen LogP contribution is 2.33. The molecule has 0 radical (unpaired) electrons. The summed E-state index contributed by atoms with van der Waals surface area (Å²) < 4.78 is 11.3. The Balaban J connectivity index is 2.14. The summed E-state index contributed by atoms with van der Waals surface area (Å²) in [4.78, 5) is 2.41. The Morgan fingerprint density at radius 1 is 1.24 bits per heavy atom. The van der Waals surface area contributed by atoms with E-state index in [1.807, 2.05) is 13.1 Å². The molecule has 0 saturated carbocycles. The molecule has 2 rings (SSSR count). The number of nitrogens with one attached hydrogen (secondary N) is 1. The first kappa shape index (κ1) is 16.1. The smallest absolute Gasteiger partial charge is 0.161 e. The molecular formula is C17H28N2O2. The Morgan fingerprint density at radius 2 is 1.90 bits per heavy atom. The molecule has 0 aromatic heterocycles. The molecule has 0 bridgehead atoms. The van der Waals surface area contributed by atoms with Crippen LogP contribution in [0.3, 0.4) is 0 Å². The van der Waals surface area contributed by atoms with Gasteiger partial charge in [0.15, 0.2) is 11.5 Å². The van der Waals surface area contributed by atoms with Gasteiger partial charge in [-0.3, -0.25) is 4.90 Å². The first-order valence-electron chi connectivity index (χ1n) is 7.76. The van der Waals surface area contributed by atoms with Crippen molar-refractivity contribution in [3.63, 3.8) is 0 Å². The molecule has 1 atom stereocenters. The maximum Gasteiger partial charge on any atom is 0.161 e. The summed E-state index contributed by atoms with van der Waals surface area (Å²) in [7, 11) is 4.19. The van der Waals surface area contributed by atoms with Gasteiger partial charge < -0.3 is 14.8 Å². The lowest BCUT2D eigenvalue weighted by molar-refractivity contribution is 0.136. The minimum atomic E-state index is 0.197. The SMILES string of the molecule is CCC(C)(C)N(C)CC(NC)c1ccc2c(c1)OCCO2. The van der Waals surface area contributed by atoms with E-state index in [0.717, 1.165) is 24.5 Å². The number of rotatable bonds is 6. The van der Waals surface area contributed by atoms with E-state index in [-0.39, 0.29) is 11.6 Å². The van der Waals surface area contributed by atoms with Crippen molar-refractivity contribution in [2.75, 3.05) is 33.9 Å². The maximum absolute atomic E-state index is 5.69. The molecule has 0 fully saturated rings. The van der Waals surface area contributed by atoms with Crippen molar-refractivity contribution in [2.24, 2.45) is 0 Å². The minimum Gasteiger partial charge on any atom is -0.486 e. The number of fused-ring (bicyclic) bond motifs is 1. The van der Waals surface area contributed by atoms with Gasteiger partial charge in [0, 0.05) is 18.1 Å². The van der Waals surface area contributed by atoms with E-state index in [4.69, 9.17) is 9.47 Å². The van der Waals surface area contributed by atoms with Crippen molar-refractivity contribution in [2.45, 2.75) is 38.8 Å². The van der Waals surface area contributed by atoms with Crippen LogP contribution in [0.25, 0.3) is 0 Å². The maximum atomic E-state index is 5.69. The molecule has 1 aromatic carbocycles. The summed E-state index contributed by atoms with van der Waals surface area (Å²) in [5.74, 6) is 1.71. The predicted octanol–water partition coefficient (Wildman–Crippen LogP) is 2.84. The summed E-state index contributed by atoms with van der Waals surface area (Å²) in [5.41, 5.74) is 1.43. The molecule has 4 heteroatoms. The highest BCUT2D eigenvalue weighted by Gasteiger charge is 2.24. The number of ether oxygens (including phenoxy) is 2. The van der Waals surface area contributed by atoms with Crippen LogP contribution in [-0.4, -0.2) is 44.3 Å². The third-order valence-corrected chi connectivity index (χ3v) is 4.67. The lowest BCUT2D eigenvalue weighted by Gasteiger charge is -2.37. The fourth-order valence-corrected chi connectivity index (χ4v) is 2.43. The number of hydrogen-bond acceptors (Lipinski definition) is 4. The summed E-state index contributed by atoms with van der Waals surface area (Å²) in [6.45, 7) is 9.01. The molecule has 0 saturated heterocycles. The third kappa shape index (κ3) is 3.69. The number of benzene rings is 1. The van der Waals surface area contributed by atoms with Crippen molar-refractivity contribution < 1.29 is 9.47 Å². The number of likely N-dealkylation sites (N-methyl/N-ethyl adjacent to an activating group) is 2. The topological polar surface area (TPSA) is 33.7 Å². The second kappa shape index (κ2) is 6.67. The lowest BCUT2D eigenvalue weighted by Crippen LogP contribution is -2.44. The van der Waals surface area contributed by atoms with Crippen molar-refractivity contribution in [1.29, 1.82) is 0 Å². The highest BCUT2D eigenvalue weighted by atomic mass is 16.6. The predicted molar refractivity (Wildman–Crippen MR) is 86.2 cm³/mol. The number of nitrogens with zero attached hydrogens (tertiary/aromatic N) is 1. The van der Waals surface area contributed by atoms with Gasteiger partial charge in [-0.1, -0.05) is 13.0 Å². The minimum absolute atomic E-state index is 0.197. The van der Waals surface area contributed by atoms with Gasteiger partial charge >= 0.3 is 0 Å². The normalized spacial score (nSPS) is 16.1. The molecule has 0 aliphatic carbocycles. The van der Waals surface area contributed by atoms with E-state index in [1.54, 1.807) is 0 Å². The second-order valence-electron chi connectivity index (χ2n) is 6.29. The molecule has 4 nitrogen and oxygen atoms in total. The Hall–Kier alpha value is -1.26. The third-order valence-electron chi connectivity index (χ3n) is 4.67. The molecule has 1 heterocycles. The van der Waals surface area contributed by atoms with Crippen LogP contribution in [0.2, 0.25) is 0 Å². The Kier molecular flexibility index (Phi) is 5.12. The Labute approximate surface area is 128 Å². The van der Waals surface area contributed by atoms with Crippen LogP contribution in [0.15, 0.2) is 18.2 Å². The highest BCUT2D eigenvalue weighted by molar-refractivity contribution is 5.44. The Bertz CT molecular complexity index is 474. The Morgan fingerprint density at radius 3 is 2.52 bits per heavy atom. The zero-order valence-electron chi connectivity index (χ0n) is 13.9. The molecule has 0 amide bonds. The quantitative estimate of drug-likeness (QED) is 0.874. The van der Waals surface area contributed by atoms with E-state index < -0.39 is 0 Å². The zero-order chi connectivity index (χ0) is 15.5. The molecule has 1 unspecified atom stereocenters. The molecule has 1 aromatic rings. The van der Waals surface area contributed by atoms with Crippen LogP contribution in [0.4, 0.5) is 0 Å². The van der Waals surface area contributed by atoms with Crippen LogP contribution in [0, 0.1) is 0 Å². The van der Waals surface area contributed by atoms with Gasteiger partial charge in [0.25, 0.3) is 0 Å². The average molecular weight is 292 g/mol. The molecular weight excluding hydrogens is 264 g/mol. The summed E-state index contributed by atoms with van der Waals surface area (Å²) >= 11 is 0. The van der Waals surface area contributed by atoms with Crippen LogP contribution in [0.5, 0.6) is 11.5 Å². The monoisotopic (exact) mass is 292 g/mol. The van der Waals surface area contributed by atoms with Gasteiger partial charge in [-0.15, -0.1) is 0 Å². The van der Waals surface area contributed by atoms with Gasteiger partial charge in [-0.05, 0) is 52.1 Å². The molecule has 1 N–H and O–H groups in total. The van der Waals surface area contributed by atoms with Crippen LogP contribution < -0.4 is 14.8 Å². The number of hydrogen-bond donors (Lipinski definition) is 1. The van der Waals surface area contributed by atoms with Crippen molar-refractivity contribution >= 4 is 0 Å². The summed E-state index contributed by atoms with van der Waals surface area (Å²) in [6, 6.07) is 6.51. The van der Waals surface area contributed by atoms with Gasteiger partial charge in [0.1, 0.15) is 13.2 Å². The first-order valence-corrected chi connectivity index (χ1v) is 7.76. The van der Waals surface area contributed by atoms with Gasteiger partial charge in [0.05, 0.1) is 0 Å². The second-order valence-corrected chi connectivity index (χ2v) is 6.29. The summed E-state index contributed by atoms with van der Waals surface area (Å²) in [5, 5.41) is 3.41. The lowest BCUT2D eigenvalue weighted by atomic mass is 9.97. The van der Waals surface area contributed by atoms with Crippen molar-refractivity contribution in [3.8, 4) is 11.5 Å². The summed E-state index contributed by atoms with van der Waals surface area (Å²) in [6.07, 6.45) is 1.13. The van der Waals surface area contributed by atoms with Crippen LogP contribution in [-0.2, 0) is 0 Å². The fraction of sp³-hybridized carbons (Fsp3) is 0.647. The van der Waals surface area contributed by atoms with Gasteiger partial charge in [0.2, 0.25) is 0 Å². The van der Waals surface area contributed by atoms with E-state index in [0.29, 0.717) is 13.2 Å². The zero-order valence-corrected chi connectivity index (χ0v) is 13.9. The first-order chi connectivity index (χ1) is 9.97. The van der Waals surface area contributed by atoms with E-state index >= 15 is 0 Å². The van der Waals surface area contributed by atoms with Crippen molar-refractivity contribution in [1.82, 2.24) is 10.2 Å². The van der Waals surface area contributed by atoms with Crippen LogP contribution in [0.1, 0.15) is 38.8 Å². The molecule has 1 aliphatic rings. The van der Waals surface area contributed by atoms with E-state index in [2.05, 4.69) is 50.2 Å². The molecule has 118 valence electrons. The largest absolute Gasteiger partial charge is 0.486 e. The average Bonchev–Trinajstić information content (AvgIpc) is 2.51. The standard InChI is InChI=1S/C17H28N2O2/c1-6-17(2,3)19(5)12-14(18-4)13-7-8-15-16(11-13)21-10-9-20-15/h7-8,11,14,18H,6,9-10,12H2,1-5H3. The molecule has 21 heavy (non-hydrogen) atoms. The van der Waals surface area contributed by atoms with E-state index in [9.17, 15) is 0 Å². The molecule has 1 aliphatic heterocycles. The van der Waals surface area contributed by atoms with Crippen LogP contribution >= 0.6 is 0 Å². The fourth-order valence-electron chi connectivity index (χ4n) is 2.43. The van der Waals surface area contributed by atoms with Crippen molar-refractivity contribution in [3.05, 3.63) is 23.8 Å².